The maximum absolute atomic E-state index is 13.5. The van der Waals surface area contributed by atoms with Crippen LogP contribution in [0.2, 0.25) is 0 Å². The monoisotopic (exact) mass is 568 g/mol. The van der Waals surface area contributed by atoms with Crippen molar-refractivity contribution in [2.75, 3.05) is 7.11 Å². The second kappa shape index (κ2) is 10.4. The van der Waals surface area contributed by atoms with E-state index in [1.165, 1.54) is 12.8 Å². The maximum atomic E-state index is 13.5. The van der Waals surface area contributed by atoms with Gasteiger partial charge in [-0.25, -0.2) is 0 Å². The van der Waals surface area contributed by atoms with Gasteiger partial charge in [-0.15, -0.1) is 0 Å². The molecule has 5 aliphatic carbocycles. The first kappa shape index (κ1) is 31.1. The van der Waals surface area contributed by atoms with E-state index in [9.17, 15) is 9.59 Å². The van der Waals surface area contributed by atoms with Crippen LogP contribution in [0.15, 0.2) is 11.6 Å². The van der Waals surface area contributed by atoms with E-state index >= 15 is 0 Å². The van der Waals surface area contributed by atoms with Gasteiger partial charge >= 0.3 is 11.9 Å². The van der Waals surface area contributed by atoms with Crippen molar-refractivity contribution in [3.8, 4) is 0 Å². The van der Waals surface area contributed by atoms with Gasteiger partial charge < -0.3 is 9.47 Å². The van der Waals surface area contributed by atoms with Gasteiger partial charge in [0.25, 0.3) is 0 Å². The summed E-state index contributed by atoms with van der Waals surface area (Å²) in [7, 11) is 1.59. The highest BCUT2D eigenvalue weighted by Crippen LogP contribution is 2.76. The highest BCUT2D eigenvalue weighted by Gasteiger charge is 2.69. The Kier molecular flexibility index (Phi) is 7.89. The topological polar surface area (TPSA) is 52.6 Å². The third-order valence-electron chi connectivity index (χ3n) is 14.4. The Morgan fingerprint density at radius 1 is 0.878 bits per heavy atom. The molecule has 8 atom stereocenters. The van der Waals surface area contributed by atoms with Crippen molar-refractivity contribution in [1.29, 1.82) is 0 Å². The minimum absolute atomic E-state index is 0.00484. The Labute approximate surface area is 251 Å². The lowest BCUT2D eigenvalue weighted by Gasteiger charge is -2.71. The van der Waals surface area contributed by atoms with E-state index in [2.05, 4.69) is 61.5 Å². The van der Waals surface area contributed by atoms with Crippen LogP contribution < -0.4 is 0 Å². The number of allylic oxidation sites excluding steroid dienone is 2. The molecular weight excluding hydrogens is 508 g/mol. The largest absolute Gasteiger partial charge is 0.469 e. The first-order chi connectivity index (χ1) is 19.1. The average molecular weight is 569 g/mol. The molecule has 0 unspecified atom stereocenters. The fraction of sp³-hybridized carbons (Fsp3) is 0.892. The molecule has 0 spiro atoms. The van der Waals surface area contributed by atoms with Gasteiger partial charge in [0.15, 0.2) is 0 Å². The number of ether oxygens (including phenoxy) is 2. The Balaban J connectivity index is 1.45. The van der Waals surface area contributed by atoms with Crippen molar-refractivity contribution in [3.05, 3.63) is 11.6 Å². The van der Waals surface area contributed by atoms with Gasteiger partial charge in [0, 0.05) is 11.8 Å². The lowest BCUT2D eigenvalue weighted by atomic mass is 9.33. The molecule has 232 valence electrons. The van der Waals surface area contributed by atoms with Gasteiger partial charge in [-0.05, 0) is 110 Å². The zero-order valence-corrected chi connectivity index (χ0v) is 27.9. The molecule has 0 aliphatic heterocycles. The van der Waals surface area contributed by atoms with Crippen molar-refractivity contribution in [2.45, 2.75) is 151 Å². The lowest BCUT2D eigenvalue weighted by molar-refractivity contribution is -0.214. The van der Waals surface area contributed by atoms with E-state index < -0.39 is 0 Å². The van der Waals surface area contributed by atoms with Crippen LogP contribution in [0.5, 0.6) is 0 Å². The molecule has 0 N–H and O–H groups in total. The predicted molar refractivity (Wildman–Crippen MR) is 165 cm³/mol. The molecule has 0 saturated heterocycles. The van der Waals surface area contributed by atoms with Crippen molar-refractivity contribution in [2.24, 2.45) is 50.2 Å². The van der Waals surface area contributed by atoms with Crippen LogP contribution in [0.25, 0.3) is 0 Å². The maximum Gasteiger partial charge on any atom is 0.312 e. The minimum atomic E-state index is -0.346. The summed E-state index contributed by atoms with van der Waals surface area (Å²) in [6.45, 7) is 19.6. The van der Waals surface area contributed by atoms with Crippen LogP contribution in [0, 0.1) is 50.2 Å². The molecule has 0 heterocycles. The summed E-state index contributed by atoms with van der Waals surface area (Å²) in [5.41, 5.74) is 1.99. The van der Waals surface area contributed by atoms with Crippen LogP contribution in [0.3, 0.4) is 0 Å². The molecule has 0 radical (unpaired) electrons. The van der Waals surface area contributed by atoms with E-state index in [1.54, 1.807) is 12.7 Å². The zero-order valence-electron chi connectivity index (χ0n) is 27.9. The summed E-state index contributed by atoms with van der Waals surface area (Å²) in [5.74, 6) is 1.48. The van der Waals surface area contributed by atoms with E-state index in [0.717, 1.165) is 70.6 Å². The normalized spacial score (nSPS) is 44.3. The number of unbranched alkanes of at least 4 members (excludes halogenated alkanes) is 2. The number of carbonyl (C=O) groups excluding carboxylic acids is 2. The van der Waals surface area contributed by atoms with Crippen LogP contribution >= 0.6 is 0 Å². The second-order valence-electron chi connectivity index (χ2n) is 17.2. The van der Waals surface area contributed by atoms with Gasteiger partial charge in [0.05, 0.1) is 12.5 Å². The molecule has 0 amide bonds. The molecule has 4 fully saturated rings. The molecule has 4 nitrogen and oxygen atoms in total. The Hall–Kier alpha value is -1.32. The number of hydrogen-bond donors (Lipinski definition) is 0. The molecule has 5 aliphatic rings. The van der Waals surface area contributed by atoms with Crippen molar-refractivity contribution in [1.82, 2.24) is 0 Å². The van der Waals surface area contributed by atoms with Crippen molar-refractivity contribution < 1.29 is 19.1 Å². The molecule has 0 aromatic heterocycles. The van der Waals surface area contributed by atoms with E-state index in [0.29, 0.717) is 24.2 Å². The zero-order chi connectivity index (χ0) is 30.1. The highest BCUT2D eigenvalue weighted by atomic mass is 16.5. The summed E-state index contributed by atoms with van der Waals surface area (Å²) >= 11 is 0. The van der Waals surface area contributed by atoms with Crippen LogP contribution in [0.4, 0.5) is 0 Å². The molecule has 41 heavy (non-hydrogen) atoms. The highest BCUT2D eigenvalue weighted by molar-refractivity contribution is 5.78. The second-order valence-corrected chi connectivity index (χ2v) is 17.2. The number of rotatable bonds is 6. The third-order valence-corrected chi connectivity index (χ3v) is 14.4. The Bertz CT molecular complexity index is 1070. The summed E-state index contributed by atoms with van der Waals surface area (Å²) < 4.78 is 11.8. The van der Waals surface area contributed by atoms with E-state index in [1.807, 2.05) is 0 Å². The standard InChI is InChI=1S/C37H60O4/c1-10-11-12-13-30(38)41-29-17-18-34(6)27(33(29,4)5)16-19-36(8)28(34)15-14-25-26-24-32(2,3)20-22-37(26,31(39)40-9)23-21-35(25,36)7/h14,26-29H,10-13,15-24H2,1-9H3/t26-,27-,28+,29-,34-,35+,36+,37-/m0/s1. The van der Waals surface area contributed by atoms with Crippen molar-refractivity contribution >= 4 is 11.9 Å². The Morgan fingerprint density at radius 2 is 1.59 bits per heavy atom. The van der Waals surface area contributed by atoms with Crippen LogP contribution in [0.1, 0.15) is 145 Å². The number of methoxy groups -OCH3 is 1. The van der Waals surface area contributed by atoms with Gasteiger partial charge in [0.1, 0.15) is 6.10 Å². The first-order valence-corrected chi connectivity index (χ1v) is 17.1. The van der Waals surface area contributed by atoms with Crippen LogP contribution in [-0.4, -0.2) is 25.2 Å². The van der Waals surface area contributed by atoms with Gasteiger partial charge in [-0.3, -0.25) is 9.59 Å². The minimum Gasteiger partial charge on any atom is -0.469 e. The fourth-order valence-corrected chi connectivity index (χ4v) is 11.7. The molecule has 5 rings (SSSR count). The number of carbonyl (C=O) groups is 2. The van der Waals surface area contributed by atoms with E-state index in [-0.39, 0.29) is 50.5 Å². The summed E-state index contributed by atoms with van der Waals surface area (Å²) in [5, 5.41) is 0. The Morgan fingerprint density at radius 3 is 2.27 bits per heavy atom. The summed E-state index contributed by atoms with van der Waals surface area (Å²) in [4.78, 5) is 26.3. The lowest BCUT2D eigenvalue weighted by Crippen LogP contribution is -2.65. The van der Waals surface area contributed by atoms with Crippen LogP contribution in [-0.2, 0) is 19.1 Å². The molecule has 0 bridgehead atoms. The fourth-order valence-electron chi connectivity index (χ4n) is 11.7. The molecule has 4 heteroatoms. The van der Waals surface area contributed by atoms with Gasteiger partial charge in [0.2, 0.25) is 0 Å². The number of hydrogen-bond acceptors (Lipinski definition) is 4. The van der Waals surface area contributed by atoms with Gasteiger partial charge in [-0.1, -0.05) is 79.9 Å². The van der Waals surface area contributed by atoms with Crippen molar-refractivity contribution in [3.63, 3.8) is 0 Å². The quantitative estimate of drug-likeness (QED) is 0.182. The third kappa shape index (κ3) is 4.57. The molecule has 0 aromatic rings. The predicted octanol–water partition coefficient (Wildman–Crippen LogP) is 9.45. The first-order valence-electron chi connectivity index (χ1n) is 17.1. The van der Waals surface area contributed by atoms with E-state index in [4.69, 9.17) is 9.47 Å². The number of esters is 2. The molecule has 0 aromatic carbocycles. The SMILES string of the molecule is CCCCCC(=O)O[C@H]1CC[C@]2(C)[C@H]3CC=C4[C@@H]5CC(C)(C)CC[C@]5(C(=O)OC)CC[C@@]4(C)[C@]3(C)CC[C@H]2C1(C)C. The summed E-state index contributed by atoms with van der Waals surface area (Å²) in [6, 6.07) is 0. The van der Waals surface area contributed by atoms with Gasteiger partial charge in [-0.2, -0.15) is 0 Å². The smallest absolute Gasteiger partial charge is 0.312 e. The molecule has 4 saturated carbocycles. The summed E-state index contributed by atoms with van der Waals surface area (Å²) in [6.07, 6.45) is 17.2. The number of fused-ring (bicyclic) bond motifs is 7. The average Bonchev–Trinajstić information content (AvgIpc) is 2.90. The molecular formula is C37H60O4.